The van der Waals surface area contributed by atoms with E-state index < -0.39 is 6.10 Å². The summed E-state index contributed by atoms with van der Waals surface area (Å²) >= 11 is 0. The lowest BCUT2D eigenvalue weighted by Crippen LogP contribution is -2.17. The molecule has 3 aromatic heterocycles. The largest absolute Gasteiger partial charge is 0.383 e. The SMILES string of the molecule is Cn1ccnc1C(O)CNc1nccc(-c2ncnn2C)n1. The van der Waals surface area contributed by atoms with Gasteiger partial charge < -0.3 is 15.0 Å². The Balaban J connectivity index is 1.71. The first-order chi connectivity index (χ1) is 10.6. The summed E-state index contributed by atoms with van der Waals surface area (Å²) in [4.78, 5) is 16.8. The molecule has 0 saturated carbocycles. The first-order valence-corrected chi connectivity index (χ1v) is 6.71. The summed E-state index contributed by atoms with van der Waals surface area (Å²) in [5.41, 5.74) is 0.656. The van der Waals surface area contributed by atoms with Gasteiger partial charge in [0.1, 0.15) is 23.9 Å². The highest BCUT2D eigenvalue weighted by atomic mass is 16.3. The summed E-state index contributed by atoms with van der Waals surface area (Å²) in [6.45, 7) is 0.257. The predicted molar refractivity (Wildman–Crippen MR) is 78.7 cm³/mol. The van der Waals surface area contributed by atoms with Gasteiger partial charge in [0.15, 0.2) is 5.82 Å². The van der Waals surface area contributed by atoms with Crippen molar-refractivity contribution in [1.29, 1.82) is 0 Å². The third kappa shape index (κ3) is 2.79. The maximum absolute atomic E-state index is 10.1. The van der Waals surface area contributed by atoms with E-state index in [1.807, 2.05) is 7.05 Å². The van der Waals surface area contributed by atoms with Crippen LogP contribution in [0.2, 0.25) is 0 Å². The van der Waals surface area contributed by atoms with Gasteiger partial charge in [-0.15, -0.1) is 0 Å². The number of hydrogen-bond donors (Lipinski definition) is 2. The van der Waals surface area contributed by atoms with Crippen LogP contribution in [0.4, 0.5) is 5.95 Å². The zero-order valence-corrected chi connectivity index (χ0v) is 12.2. The van der Waals surface area contributed by atoms with E-state index in [-0.39, 0.29) is 6.54 Å². The maximum Gasteiger partial charge on any atom is 0.223 e. The van der Waals surface area contributed by atoms with Gasteiger partial charge in [-0.1, -0.05) is 0 Å². The molecule has 114 valence electrons. The molecule has 0 aliphatic carbocycles. The molecule has 0 aliphatic rings. The second-order valence-electron chi connectivity index (χ2n) is 4.77. The van der Waals surface area contributed by atoms with Crippen molar-refractivity contribution in [2.75, 3.05) is 11.9 Å². The third-order valence-electron chi connectivity index (χ3n) is 3.21. The second kappa shape index (κ2) is 5.90. The van der Waals surface area contributed by atoms with Gasteiger partial charge in [0.2, 0.25) is 5.95 Å². The van der Waals surface area contributed by atoms with Crippen LogP contribution in [-0.4, -0.2) is 45.9 Å². The standard InChI is InChI=1S/C13H16N8O/c1-20-6-5-14-12(20)10(22)7-16-13-15-4-3-9(19-13)11-17-8-18-21(11)2/h3-6,8,10,22H,7H2,1-2H3,(H,15,16,19). The van der Waals surface area contributed by atoms with Crippen molar-refractivity contribution in [3.63, 3.8) is 0 Å². The van der Waals surface area contributed by atoms with Crippen LogP contribution in [-0.2, 0) is 14.1 Å². The Morgan fingerprint density at radius 2 is 2.09 bits per heavy atom. The van der Waals surface area contributed by atoms with E-state index in [0.29, 0.717) is 23.3 Å². The van der Waals surface area contributed by atoms with Crippen molar-refractivity contribution in [2.24, 2.45) is 14.1 Å². The number of nitrogens with one attached hydrogen (secondary N) is 1. The molecule has 1 unspecified atom stereocenters. The Labute approximate surface area is 126 Å². The molecule has 0 aliphatic heterocycles. The third-order valence-corrected chi connectivity index (χ3v) is 3.21. The maximum atomic E-state index is 10.1. The molecular formula is C13H16N8O. The van der Waals surface area contributed by atoms with E-state index in [1.165, 1.54) is 6.33 Å². The highest BCUT2D eigenvalue weighted by Gasteiger charge is 2.13. The lowest BCUT2D eigenvalue weighted by Gasteiger charge is -2.12. The normalized spacial score (nSPS) is 12.3. The first kappa shape index (κ1) is 14.1. The Morgan fingerprint density at radius 3 is 2.77 bits per heavy atom. The van der Waals surface area contributed by atoms with Crippen LogP contribution < -0.4 is 5.32 Å². The van der Waals surface area contributed by atoms with Crippen molar-refractivity contribution in [3.8, 4) is 11.5 Å². The highest BCUT2D eigenvalue weighted by Crippen LogP contribution is 2.14. The van der Waals surface area contributed by atoms with Crippen LogP contribution in [0.25, 0.3) is 11.5 Å². The number of aliphatic hydroxyl groups excluding tert-OH is 1. The Morgan fingerprint density at radius 1 is 1.23 bits per heavy atom. The number of rotatable bonds is 5. The smallest absolute Gasteiger partial charge is 0.223 e. The fourth-order valence-electron chi connectivity index (χ4n) is 2.07. The van der Waals surface area contributed by atoms with Crippen molar-refractivity contribution in [1.82, 2.24) is 34.3 Å². The minimum atomic E-state index is -0.748. The molecule has 0 spiro atoms. The van der Waals surface area contributed by atoms with Crippen molar-refractivity contribution < 1.29 is 5.11 Å². The minimum Gasteiger partial charge on any atom is -0.383 e. The Bertz CT molecular complexity index is 765. The molecule has 0 saturated heterocycles. The molecular weight excluding hydrogens is 284 g/mol. The van der Waals surface area contributed by atoms with Gasteiger partial charge in [-0.05, 0) is 6.07 Å². The zero-order chi connectivity index (χ0) is 15.5. The minimum absolute atomic E-state index is 0.257. The summed E-state index contributed by atoms with van der Waals surface area (Å²) in [5, 5.41) is 17.1. The number of hydrogen-bond acceptors (Lipinski definition) is 7. The average molecular weight is 300 g/mol. The monoisotopic (exact) mass is 300 g/mol. The number of imidazole rings is 1. The van der Waals surface area contributed by atoms with E-state index in [1.54, 1.807) is 41.0 Å². The number of anilines is 1. The molecule has 3 aromatic rings. The molecule has 9 heteroatoms. The number of nitrogens with zero attached hydrogens (tertiary/aromatic N) is 7. The van der Waals surface area contributed by atoms with Gasteiger partial charge in [-0.2, -0.15) is 5.10 Å². The Hall–Kier alpha value is -2.81. The van der Waals surface area contributed by atoms with E-state index in [0.717, 1.165) is 0 Å². The van der Waals surface area contributed by atoms with Gasteiger partial charge in [-0.25, -0.2) is 24.6 Å². The molecule has 3 heterocycles. The van der Waals surface area contributed by atoms with E-state index in [2.05, 4.69) is 30.4 Å². The van der Waals surface area contributed by atoms with Crippen LogP contribution in [0.15, 0.2) is 31.0 Å². The lowest BCUT2D eigenvalue weighted by molar-refractivity contribution is 0.178. The average Bonchev–Trinajstić information content (AvgIpc) is 3.13. The van der Waals surface area contributed by atoms with Crippen molar-refractivity contribution in [2.45, 2.75) is 6.10 Å². The molecule has 0 amide bonds. The van der Waals surface area contributed by atoms with Crippen molar-refractivity contribution in [3.05, 3.63) is 36.8 Å². The molecule has 0 radical (unpaired) electrons. The second-order valence-corrected chi connectivity index (χ2v) is 4.77. The summed E-state index contributed by atoms with van der Waals surface area (Å²) in [6.07, 6.45) is 5.78. The molecule has 0 aromatic carbocycles. The van der Waals surface area contributed by atoms with Crippen molar-refractivity contribution >= 4 is 5.95 Å². The molecule has 2 N–H and O–H groups in total. The topological polar surface area (TPSA) is 107 Å². The predicted octanol–water partition coefficient (Wildman–Crippen LogP) is 0.151. The zero-order valence-electron chi connectivity index (χ0n) is 12.2. The summed E-state index contributed by atoms with van der Waals surface area (Å²) in [5.74, 6) is 1.64. The number of aromatic nitrogens is 7. The molecule has 0 bridgehead atoms. The fraction of sp³-hybridized carbons (Fsp3) is 0.308. The van der Waals surface area contributed by atoms with E-state index in [4.69, 9.17) is 0 Å². The van der Waals surface area contributed by atoms with Gasteiger partial charge in [0.05, 0.1) is 6.54 Å². The molecule has 22 heavy (non-hydrogen) atoms. The van der Waals surface area contributed by atoms with Gasteiger partial charge >= 0.3 is 0 Å². The first-order valence-electron chi connectivity index (χ1n) is 6.71. The van der Waals surface area contributed by atoms with Gasteiger partial charge in [0.25, 0.3) is 0 Å². The van der Waals surface area contributed by atoms with Crippen LogP contribution in [0.1, 0.15) is 11.9 Å². The summed E-state index contributed by atoms with van der Waals surface area (Å²) in [7, 11) is 3.62. The van der Waals surface area contributed by atoms with Crippen LogP contribution in [0.3, 0.4) is 0 Å². The van der Waals surface area contributed by atoms with Crippen LogP contribution in [0, 0.1) is 0 Å². The number of aliphatic hydroxyl groups is 1. The number of aryl methyl sites for hydroxylation is 2. The Kier molecular flexibility index (Phi) is 3.79. The van der Waals surface area contributed by atoms with E-state index in [9.17, 15) is 5.11 Å². The van der Waals surface area contributed by atoms with Crippen LogP contribution >= 0.6 is 0 Å². The summed E-state index contributed by atoms with van der Waals surface area (Å²) in [6, 6.07) is 1.75. The molecule has 1 atom stereocenters. The van der Waals surface area contributed by atoms with Gasteiger partial charge in [-0.3, -0.25) is 0 Å². The summed E-state index contributed by atoms with van der Waals surface area (Å²) < 4.78 is 3.40. The van der Waals surface area contributed by atoms with Gasteiger partial charge in [0, 0.05) is 32.7 Å². The van der Waals surface area contributed by atoms with E-state index >= 15 is 0 Å². The quantitative estimate of drug-likeness (QED) is 0.690. The fourth-order valence-corrected chi connectivity index (χ4v) is 2.07. The molecule has 9 nitrogen and oxygen atoms in total. The molecule has 0 fully saturated rings. The van der Waals surface area contributed by atoms with Crippen LogP contribution in [0.5, 0.6) is 0 Å². The highest BCUT2D eigenvalue weighted by molar-refractivity contribution is 5.50. The molecule has 3 rings (SSSR count). The lowest BCUT2D eigenvalue weighted by atomic mass is 10.3.